The highest BCUT2D eigenvalue weighted by Crippen LogP contribution is 2.40. The van der Waals surface area contributed by atoms with Crippen LogP contribution in [0.15, 0.2) is 4.52 Å². The molecule has 0 radical (unpaired) electrons. The Kier molecular flexibility index (Phi) is 4.11. The highest BCUT2D eigenvalue weighted by molar-refractivity contribution is 5.79. The number of ether oxygens (including phenoxy) is 1. The maximum absolute atomic E-state index is 11.5. The lowest BCUT2D eigenvalue weighted by Gasteiger charge is -2.22. The van der Waals surface area contributed by atoms with Crippen molar-refractivity contribution in [1.82, 2.24) is 10.1 Å². The lowest BCUT2D eigenvalue weighted by atomic mass is 10.0. The van der Waals surface area contributed by atoms with E-state index in [1.807, 2.05) is 6.92 Å². The first-order valence-electron chi connectivity index (χ1n) is 6.60. The molecule has 0 aliphatic heterocycles. The molecule has 5 heteroatoms. The van der Waals surface area contributed by atoms with Crippen molar-refractivity contribution in [2.24, 2.45) is 0 Å². The van der Waals surface area contributed by atoms with Crippen LogP contribution >= 0.6 is 0 Å². The molecule has 0 saturated heterocycles. The van der Waals surface area contributed by atoms with Crippen molar-refractivity contribution in [2.75, 3.05) is 7.11 Å². The minimum absolute atomic E-state index is 0.144. The molecule has 1 aromatic heterocycles. The Morgan fingerprint density at radius 1 is 1.44 bits per heavy atom. The lowest BCUT2D eigenvalue weighted by molar-refractivity contribution is -0.118. The number of Topliss-reactive ketones (excluding diaryl/α,β-unsaturated/α-hetero) is 1. The molecule has 1 heterocycles. The average molecular weight is 252 g/mol. The van der Waals surface area contributed by atoms with Gasteiger partial charge < -0.3 is 9.26 Å². The van der Waals surface area contributed by atoms with Crippen molar-refractivity contribution in [3.05, 3.63) is 11.7 Å². The molecule has 1 aromatic rings. The molecule has 0 unspecified atom stereocenters. The van der Waals surface area contributed by atoms with Gasteiger partial charge in [0.15, 0.2) is 0 Å². The van der Waals surface area contributed by atoms with E-state index >= 15 is 0 Å². The second-order valence-corrected chi connectivity index (χ2v) is 4.88. The number of hydrogen-bond acceptors (Lipinski definition) is 5. The van der Waals surface area contributed by atoms with Crippen molar-refractivity contribution in [1.29, 1.82) is 0 Å². The van der Waals surface area contributed by atoms with E-state index in [1.54, 1.807) is 7.11 Å². The Bertz CT molecular complexity index is 408. The van der Waals surface area contributed by atoms with Crippen molar-refractivity contribution < 1.29 is 14.1 Å². The molecule has 18 heavy (non-hydrogen) atoms. The summed E-state index contributed by atoms with van der Waals surface area (Å²) in [6, 6.07) is 0. The summed E-state index contributed by atoms with van der Waals surface area (Å²) in [6.45, 7) is 1.98. The van der Waals surface area contributed by atoms with Gasteiger partial charge in [-0.3, -0.25) is 4.79 Å². The fourth-order valence-corrected chi connectivity index (χ4v) is 2.51. The number of carbonyl (C=O) groups is 1. The number of hydrogen-bond donors (Lipinski definition) is 0. The molecule has 0 bridgehead atoms. The third-order valence-electron chi connectivity index (χ3n) is 3.55. The van der Waals surface area contributed by atoms with Gasteiger partial charge >= 0.3 is 0 Å². The van der Waals surface area contributed by atoms with Crippen LogP contribution in [0.4, 0.5) is 0 Å². The van der Waals surface area contributed by atoms with E-state index in [0.717, 1.165) is 32.1 Å². The van der Waals surface area contributed by atoms with E-state index in [2.05, 4.69) is 10.1 Å². The van der Waals surface area contributed by atoms with E-state index in [0.29, 0.717) is 18.1 Å². The van der Waals surface area contributed by atoms with Gasteiger partial charge in [-0.05, 0) is 32.1 Å². The molecule has 5 nitrogen and oxygen atoms in total. The average Bonchev–Trinajstić information content (AvgIpc) is 2.98. The smallest absolute Gasteiger partial charge is 0.234 e. The summed E-state index contributed by atoms with van der Waals surface area (Å²) in [5, 5.41) is 3.99. The van der Waals surface area contributed by atoms with Crippen LogP contribution in [0.2, 0.25) is 0 Å². The third kappa shape index (κ3) is 2.61. The SMILES string of the molecule is CCCC(=O)Cc1nc(C2(OC)CCCC2)no1. The summed E-state index contributed by atoms with van der Waals surface area (Å²) in [5.41, 5.74) is -0.393. The third-order valence-corrected chi connectivity index (χ3v) is 3.55. The first-order valence-corrected chi connectivity index (χ1v) is 6.60. The number of ketones is 1. The van der Waals surface area contributed by atoms with Crippen LogP contribution in [0.3, 0.4) is 0 Å². The van der Waals surface area contributed by atoms with Gasteiger partial charge in [-0.1, -0.05) is 12.1 Å². The lowest BCUT2D eigenvalue weighted by Crippen LogP contribution is -2.26. The van der Waals surface area contributed by atoms with Crippen LogP contribution in [-0.2, 0) is 21.6 Å². The standard InChI is InChI=1S/C13H20N2O3/c1-3-6-10(16)9-11-14-12(15-18-11)13(17-2)7-4-5-8-13/h3-9H2,1-2H3. The molecule has 1 aliphatic carbocycles. The number of rotatable bonds is 6. The van der Waals surface area contributed by atoms with Crippen molar-refractivity contribution >= 4 is 5.78 Å². The molecule has 0 aromatic carbocycles. The van der Waals surface area contributed by atoms with Gasteiger partial charge in [0.05, 0.1) is 6.42 Å². The molecule has 0 N–H and O–H groups in total. The van der Waals surface area contributed by atoms with Crippen LogP contribution in [0.25, 0.3) is 0 Å². The van der Waals surface area contributed by atoms with Crippen LogP contribution in [0.1, 0.15) is 57.2 Å². The van der Waals surface area contributed by atoms with Gasteiger partial charge in [-0.15, -0.1) is 0 Å². The molecular weight excluding hydrogens is 232 g/mol. The fraction of sp³-hybridized carbons (Fsp3) is 0.769. The summed E-state index contributed by atoms with van der Waals surface area (Å²) in [7, 11) is 1.68. The zero-order chi connectivity index (χ0) is 13.0. The summed E-state index contributed by atoms with van der Waals surface area (Å²) >= 11 is 0. The van der Waals surface area contributed by atoms with Gasteiger partial charge in [0.1, 0.15) is 11.4 Å². The van der Waals surface area contributed by atoms with Gasteiger partial charge in [0.25, 0.3) is 0 Å². The second kappa shape index (κ2) is 5.61. The summed E-state index contributed by atoms with van der Waals surface area (Å²) < 4.78 is 10.7. The largest absolute Gasteiger partial charge is 0.370 e. The van der Waals surface area contributed by atoms with E-state index in [-0.39, 0.29) is 12.2 Å². The van der Waals surface area contributed by atoms with Gasteiger partial charge in [-0.25, -0.2) is 0 Å². The fourth-order valence-electron chi connectivity index (χ4n) is 2.51. The van der Waals surface area contributed by atoms with E-state index in [1.165, 1.54) is 0 Å². The van der Waals surface area contributed by atoms with Gasteiger partial charge in [0, 0.05) is 13.5 Å². The predicted molar refractivity (Wildman–Crippen MR) is 65.1 cm³/mol. The number of nitrogens with zero attached hydrogens (tertiary/aromatic N) is 2. The Morgan fingerprint density at radius 3 is 2.78 bits per heavy atom. The Balaban J connectivity index is 2.07. The second-order valence-electron chi connectivity index (χ2n) is 4.88. The molecule has 1 saturated carbocycles. The Labute approximate surface area is 107 Å². The minimum atomic E-state index is -0.393. The zero-order valence-corrected chi connectivity index (χ0v) is 11.1. The first kappa shape index (κ1) is 13.2. The first-order chi connectivity index (χ1) is 8.70. The zero-order valence-electron chi connectivity index (χ0n) is 11.1. The molecule has 1 aliphatic rings. The number of carbonyl (C=O) groups excluding carboxylic acids is 1. The van der Waals surface area contributed by atoms with E-state index in [9.17, 15) is 4.79 Å². The molecule has 100 valence electrons. The van der Waals surface area contributed by atoms with Crippen LogP contribution in [0, 0.1) is 0 Å². The van der Waals surface area contributed by atoms with Crippen LogP contribution in [-0.4, -0.2) is 23.0 Å². The van der Waals surface area contributed by atoms with Gasteiger partial charge in [-0.2, -0.15) is 4.98 Å². The molecule has 0 atom stereocenters. The molecular formula is C13H20N2O3. The predicted octanol–water partition coefficient (Wildman–Crippen LogP) is 2.40. The molecule has 0 spiro atoms. The molecule has 2 rings (SSSR count). The van der Waals surface area contributed by atoms with E-state index in [4.69, 9.17) is 9.26 Å². The van der Waals surface area contributed by atoms with Crippen LogP contribution < -0.4 is 0 Å². The Morgan fingerprint density at radius 2 is 2.17 bits per heavy atom. The van der Waals surface area contributed by atoms with Crippen molar-refractivity contribution in [3.63, 3.8) is 0 Å². The molecule has 0 amide bonds. The van der Waals surface area contributed by atoms with Crippen LogP contribution in [0.5, 0.6) is 0 Å². The minimum Gasteiger partial charge on any atom is -0.370 e. The summed E-state index contributed by atoms with van der Waals surface area (Å²) in [5.74, 6) is 1.15. The topological polar surface area (TPSA) is 65.2 Å². The highest BCUT2D eigenvalue weighted by Gasteiger charge is 2.40. The van der Waals surface area contributed by atoms with Crippen molar-refractivity contribution in [3.8, 4) is 0 Å². The normalized spacial score (nSPS) is 18.1. The number of aromatic nitrogens is 2. The van der Waals surface area contributed by atoms with Crippen molar-refractivity contribution in [2.45, 2.75) is 57.5 Å². The summed E-state index contributed by atoms with van der Waals surface area (Å²) in [6.07, 6.45) is 5.73. The molecule has 1 fully saturated rings. The maximum Gasteiger partial charge on any atom is 0.234 e. The quantitative estimate of drug-likeness (QED) is 0.777. The summed E-state index contributed by atoms with van der Waals surface area (Å²) in [4.78, 5) is 15.9. The highest BCUT2D eigenvalue weighted by atomic mass is 16.5. The van der Waals surface area contributed by atoms with E-state index < -0.39 is 5.60 Å². The Hall–Kier alpha value is -1.23. The number of methoxy groups -OCH3 is 1. The maximum atomic E-state index is 11.5. The monoisotopic (exact) mass is 252 g/mol. The van der Waals surface area contributed by atoms with Gasteiger partial charge in [0.2, 0.25) is 11.7 Å².